The first-order valence-corrected chi connectivity index (χ1v) is 7.28. The van der Waals surface area contributed by atoms with E-state index in [4.69, 9.17) is 9.84 Å². The summed E-state index contributed by atoms with van der Waals surface area (Å²) in [6.07, 6.45) is -0.383. The molecule has 4 unspecified atom stereocenters. The minimum Gasteiger partial charge on any atom is -0.460 e. The predicted molar refractivity (Wildman–Crippen MR) is 78.6 cm³/mol. The van der Waals surface area contributed by atoms with Gasteiger partial charge in [-0.15, -0.1) is 0 Å². The summed E-state index contributed by atoms with van der Waals surface area (Å²) in [5, 5.41) is 38.1. The summed E-state index contributed by atoms with van der Waals surface area (Å²) in [4.78, 5) is 11.4. The molecule has 0 bridgehead atoms. The summed E-state index contributed by atoms with van der Waals surface area (Å²) in [5.41, 5.74) is 0.462. The minimum atomic E-state index is -0.942. The molecular formula is C15H28O6. The highest BCUT2D eigenvalue weighted by Crippen LogP contribution is 2.11. The standard InChI is InChI=1S/C15H28O6/c1-4-10(2)15(20)21-9-14(19)8-13(18)6-5-12(17)7-11(3)16/h4,11-14,16-19H,5-9H2,1-3H3/b10-4+. The number of carbonyl (C=O) groups excluding carboxylic acids is 1. The van der Waals surface area contributed by atoms with E-state index < -0.39 is 30.4 Å². The number of allylic oxidation sites excluding steroid dienone is 1. The van der Waals surface area contributed by atoms with E-state index in [0.29, 0.717) is 18.4 Å². The molecule has 0 fully saturated rings. The molecule has 6 nitrogen and oxygen atoms in total. The van der Waals surface area contributed by atoms with Crippen molar-refractivity contribution in [3.63, 3.8) is 0 Å². The van der Waals surface area contributed by atoms with Crippen molar-refractivity contribution in [2.45, 2.75) is 70.9 Å². The van der Waals surface area contributed by atoms with Gasteiger partial charge in [0.15, 0.2) is 0 Å². The van der Waals surface area contributed by atoms with Gasteiger partial charge in [0.2, 0.25) is 0 Å². The second-order valence-corrected chi connectivity index (χ2v) is 5.43. The summed E-state index contributed by atoms with van der Waals surface area (Å²) in [7, 11) is 0. The van der Waals surface area contributed by atoms with Gasteiger partial charge in [-0.3, -0.25) is 0 Å². The molecule has 0 rings (SSSR count). The molecule has 6 heteroatoms. The van der Waals surface area contributed by atoms with Crippen LogP contribution >= 0.6 is 0 Å². The molecular weight excluding hydrogens is 276 g/mol. The SMILES string of the molecule is C/C=C(\C)C(=O)OCC(O)CC(O)CCC(O)CC(C)O. The molecule has 0 aromatic heterocycles. The fourth-order valence-corrected chi connectivity index (χ4v) is 1.80. The Hall–Kier alpha value is -0.950. The molecule has 0 saturated carbocycles. The number of carbonyl (C=O) groups is 1. The third kappa shape index (κ3) is 10.4. The van der Waals surface area contributed by atoms with Crippen LogP contribution in [0.2, 0.25) is 0 Å². The highest BCUT2D eigenvalue weighted by Gasteiger charge is 2.16. The number of aliphatic hydroxyl groups excluding tert-OH is 4. The molecule has 0 aliphatic rings. The molecule has 0 saturated heterocycles. The molecule has 21 heavy (non-hydrogen) atoms. The molecule has 0 radical (unpaired) electrons. The highest BCUT2D eigenvalue weighted by molar-refractivity contribution is 5.87. The molecule has 0 aliphatic heterocycles. The normalized spacial score (nSPS) is 18.0. The van der Waals surface area contributed by atoms with Gasteiger partial charge in [-0.05, 0) is 40.0 Å². The Morgan fingerprint density at radius 2 is 1.57 bits per heavy atom. The van der Waals surface area contributed by atoms with Crippen molar-refractivity contribution in [1.29, 1.82) is 0 Å². The van der Waals surface area contributed by atoms with Crippen LogP contribution in [0.4, 0.5) is 0 Å². The van der Waals surface area contributed by atoms with Crippen molar-refractivity contribution in [3.8, 4) is 0 Å². The fraction of sp³-hybridized carbons (Fsp3) is 0.800. The molecule has 0 aromatic rings. The van der Waals surface area contributed by atoms with Crippen LogP contribution in [0.3, 0.4) is 0 Å². The van der Waals surface area contributed by atoms with Crippen LogP contribution in [0.25, 0.3) is 0 Å². The first-order chi connectivity index (χ1) is 9.76. The minimum absolute atomic E-state index is 0.0730. The Morgan fingerprint density at radius 1 is 1.05 bits per heavy atom. The first-order valence-electron chi connectivity index (χ1n) is 7.28. The average Bonchev–Trinajstić information content (AvgIpc) is 2.40. The van der Waals surface area contributed by atoms with Gasteiger partial charge in [-0.25, -0.2) is 4.79 Å². The van der Waals surface area contributed by atoms with Crippen molar-refractivity contribution >= 4 is 5.97 Å². The Balaban J connectivity index is 3.89. The van der Waals surface area contributed by atoms with Gasteiger partial charge in [0, 0.05) is 12.0 Å². The molecule has 124 valence electrons. The van der Waals surface area contributed by atoms with Crippen LogP contribution < -0.4 is 0 Å². The third-order valence-electron chi connectivity index (χ3n) is 3.15. The lowest BCUT2D eigenvalue weighted by atomic mass is 10.0. The molecule has 4 atom stereocenters. The molecule has 0 aromatic carbocycles. The number of hydrogen-bond acceptors (Lipinski definition) is 6. The summed E-state index contributed by atoms with van der Waals surface area (Å²) >= 11 is 0. The van der Waals surface area contributed by atoms with Crippen molar-refractivity contribution in [3.05, 3.63) is 11.6 Å². The van der Waals surface area contributed by atoms with Crippen molar-refractivity contribution in [2.75, 3.05) is 6.61 Å². The van der Waals surface area contributed by atoms with E-state index in [9.17, 15) is 20.1 Å². The second kappa shape index (κ2) is 10.7. The number of rotatable bonds is 10. The van der Waals surface area contributed by atoms with E-state index in [0.717, 1.165) is 0 Å². The van der Waals surface area contributed by atoms with Crippen LogP contribution in [-0.2, 0) is 9.53 Å². The van der Waals surface area contributed by atoms with E-state index in [2.05, 4.69) is 0 Å². The maximum atomic E-state index is 11.4. The van der Waals surface area contributed by atoms with Crippen molar-refractivity contribution in [1.82, 2.24) is 0 Å². The van der Waals surface area contributed by atoms with Gasteiger partial charge in [-0.1, -0.05) is 6.08 Å². The molecule has 0 aliphatic carbocycles. The van der Waals surface area contributed by atoms with Gasteiger partial charge in [-0.2, -0.15) is 0 Å². The molecule has 4 N–H and O–H groups in total. The van der Waals surface area contributed by atoms with Crippen LogP contribution in [0.5, 0.6) is 0 Å². The van der Waals surface area contributed by atoms with Crippen LogP contribution in [0.1, 0.15) is 46.5 Å². The summed E-state index contributed by atoms with van der Waals surface area (Å²) in [5.74, 6) is -0.488. The number of ether oxygens (including phenoxy) is 1. The van der Waals surface area contributed by atoms with Crippen LogP contribution in [0.15, 0.2) is 11.6 Å². The van der Waals surface area contributed by atoms with E-state index in [1.54, 1.807) is 26.8 Å². The summed E-state index contributed by atoms with van der Waals surface area (Å²) < 4.78 is 4.88. The predicted octanol–water partition coefficient (Wildman–Crippen LogP) is 0.520. The van der Waals surface area contributed by atoms with Crippen molar-refractivity contribution in [2.24, 2.45) is 0 Å². The maximum Gasteiger partial charge on any atom is 0.333 e. The van der Waals surface area contributed by atoms with E-state index in [1.807, 2.05) is 0 Å². The number of hydrogen-bond donors (Lipinski definition) is 4. The maximum absolute atomic E-state index is 11.4. The van der Waals surface area contributed by atoms with Crippen LogP contribution in [0, 0.1) is 0 Å². The Morgan fingerprint density at radius 3 is 2.05 bits per heavy atom. The monoisotopic (exact) mass is 304 g/mol. The summed E-state index contributed by atoms with van der Waals surface area (Å²) in [6, 6.07) is 0. The zero-order valence-electron chi connectivity index (χ0n) is 13.0. The fourth-order valence-electron chi connectivity index (χ4n) is 1.80. The lowest BCUT2D eigenvalue weighted by Gasteiger charge is -2.18. The van der Waals surface area contributed by atoms with Crippen LogP contribution in [-0.4, -0.2) is 57.4 Å². The molecule has 0 heterocycles. The first kappa shape index (κ1) is 20.1. The second-order valence-electron chi connectivity index (χ2n) is 5.43. The quantitative estimate of drug-likeness (QED) is 0.346. The van der Waals surface area contributed by atoms with Gasteiger partial charge in [0.25, 0.3) is 0 Å². The smallest absolute Gasteiger partial charge is 0.333 e. The lowest BCUT2D eigenvalue weighted by Crippen LogP contribution is -2.25. The third-order valence-corrected chi connectivity index (χ3v) is 3.15. The zero-order chi connectivity index (χ0) is 16.4. The van der Waals surface area contributed by atoms with E-state index in [-0.39, 0.29) is 19.4 Å². The lowest BCUT2D eigenvalue weighted by molar-refractivity contribution is -0.142. The van der Waals surface area contributed by atoms with Gasteiger partial charge < -0.3 is 25.2 Å². The van der Waals surface area contributed by atoms with Gasteiger partial charge in [0.05, 0.1) is 24.4 Å². The van der Waals surface area contributed by atoms with Gasteiger partial charge in [0.1, 0.15) is 6.61 Å². The highest BCUT2D eigenvalue weighted by atomic mass is 16.5. The largest absolute Gasteiger partial charge is 0.460 e. The Bertz CT molecular complexity index is 326. The molecule has 0 amide bonds. The zero-order valence-corrected chi connectivity index (χ0v) is 13.0. The average molecular weight is 304 g/mol. The Labute approximate surface area is 126 Å². The Kier molecular flexibility index (Phi) is 10.2. The number of esters is 1. The van der Waals surface area contributed by atoms with Crippen molar-refractivity contribution < 1.29 is 30.0 Å². The topological polar surface area (TPSA) is 107 Å². The van der Waals surface area contributed by atoms with E-state index in [1.165, 1.54) is 0 Å². The number of aliphatic hydroxyl groups is 4. The molecule has 0 spiro atoms. The summed E-state index contributed by atoms with van der Waals surface area (Å²) in [6.45, 7) is 4.75. The van der Waals surface area contributed by atoms with E-state index >= 15 is 0 Å². The van der Waals surface area contributed by atoms with Gasteiger partial charge >= 0.3 is 5.97 Å².